The van der Waals surface area contributed by atoms with E-state index >= 15 is 0 Å². The third-order valence-corrected chi connectivity index (χ3v) is 3.76. The minimum atomic E-state index is 0.376. The summed E-state index contributed by atoms with van der Waals surface area (Å²) in [6, 6.07) is 15.2. The molecule has 0 aromatic heterocycles. The van der Waals surface area contributed by atoms with Crippen LogP contribution in [0.3, 0.4) is 0 Å². The summed E-state index contributed by atoms with van der Waals surface area (Å²) in [5, 5.41) is 4.06. The fraction of sp³-hybridized carbons (Fsp3) is 0.250. The van der Waals surface area contributed by atoms with Crippen LogP contribution in [0.1, 0.15) is 24.1 Å². The molecule has 0 aliphatic rings. The van der Waals surface area contributed by atoms with Crippen molar-refractivity contribution in [2.45, 2.75) is 19.9 Å². The molecule has 0 saturated carbocycles. The molecule has 0 aliphatic heterocycles. The normalized spacial score (nSPS) is 12.4. The molecule has 0 radical (unpaired) electrons. The summed E-state index contributed by atoms with van der Waals surface area (Å²) in [5.74, 6) is 0. The summed E-state index contributed by atoms with van der Waals surface area (Å²) in [7, 11) is 1.97. The Hall–Kier alpha value is -1.31. The van der Waals surface area contributed by atoms with Gasteiger partial charge in [-0.2, -0.15) is 0 Å². The van der Waals surface area contributed by atoms with E-state index in [0.717, 1.165) is 16.1 Å². The van der Waals surface area contributed by atoms with Crippen LogP contribution < -0.4 is 5.32 Å². The smallest absolute Gasteiger partial charge is 0.0441 e. The monoisotopic (exact) mass is 259 g/mol. The van der Waals surface area contributed by atoms with Crippen molar-refractivity contribution in [2.75, 3.05) is 7.05 Å². The fourth-order valence-corrected chi connectivity index (χ4v) is 2.08. The van der Waals surface area contributed by atoms with E-state index in [4.69, 9.17) is 11.6 Å². The zero-order chi connectivity index (χ0) is 13.1. The molecule has 94 valence electrons. The van der Waals surface area contributed by atoms with Crippen LogP contribution in [0, 0.1) is 6.92 Å². The molecule has 1 atom stereocenters. The standard InChI is InChI=1S/C16H18ClN/c1-11-4-5-15(10-16(11)17)14-8-6-13(7-9-14)12(2)18-3/h4-10,12,18H,1-3H3. The van der Waals surface area contributed by atoms with Gasteiger partial charge in [-0.25, -0.2) is 0 Å². The number of rotatable bonds is 3. The van der Waals surface area contributed by atoms with Crippen molar-refractivity contribution in [2.24, 2.45) is 0 Å². The van der Waals surface area contributed by atoms with E-state index in [-0.39, 0.29) is 0 Å². The third kappa shape index (κ3) is 2.74. The SMILES string of the molecule is CNC(C)c1ccc(-c2ccc(C)c(Cl)c2)cc1. The minimum Gasteiger partial charge on any atom is -0.313 e. The lowest BCUT2D eigenvalue weighted by Crippen LogP contribution is -2.11. The first-order valence-electron chi connectivity index (χ1n) is 6.15. The van der Waals surface area contributed by atoms with E-state index in [1.807, 2.05) is 20.0 Å². The van der Waals surface area contributed by atoms with E-state index in [2.05, 4.69) is 48.6 Å². The van der Waals surface area contributed by atoms with Crippen LogP contribution in [0.15, 0.2) is 42.5 Å². The van der Waals surface area contributed by atoms with Crippen molar-refractivity contribution in [3.63, 3.8) is 0 Å². The molecular weight excluding hydrogens is 242 g/mol. The van der Waals surface area contributed by atoms with E-state index in [1.165, 1.54) is 11.1 Å². The highest BCUT2D eigenvalue weighted by Gasteiger charge is 2.04. The number of aryl methyl sites for hydroxylation is 1. The Morgan fingerprint density at radius 3 is 2.17 bits per heavy atom. The molecule has 2 heteroatoms. The summed E-state index contributed by atoms with van der Waals surface area (Å²) < 4.78 is 0. The first kappa shape index (κ1) is 13.1. The molecule has 0 saturated heterocycles. The summed E-state index contributed by atoms with van der Waals surface area (Å²) in [6.07, 6.45) is 0. The first-order valence-corrected chi connectivity index (χ1v) is 6.53. The maximum Gasteiger partial charge on any atom is 0.0441 e. The Balaban J connectivity index is 2.31. The van der Waals surface area contributed by atoms with E-state index < -0.39 is 0 Å². The van der Waals surface area contributed by atoms with Gasteiger partial charge in [0, 0.05) is 11.1 Å². The Kier molecular flexibility index (Phi) is 4.05. The van der Waals surface area contributed by atoms with Gasteiger partial charge >= 0.3 is 0 Å². The van der Waals surface area contributed by atoms with Gasteiger partial charge in [-0.1, -0.05) is 48.0 Å². The van der Waals surface area contributed by atoms with Crippen molar-refractivity contribution in [1.82, 2.24) is 5.32 Å². The van der Waals surface area contributed by atoms with Gasteiger partial charge in [0.05, 0.1) is 0 Å². The number of benzene rings is 2. The van der Waals surface area contributed by atoms with Crippen LogP contribution in [-0.2, 0) is 0 Å². The average molecular weight is 260 g/mol. The van der Waals surface area contributed by atoms with Gasteiger partial charge in [0.15, 0.2) is 0 Å². The molecule has 0 heterocycles. The molecule has 2 rings (SSSR count). The number of halogens is 1. The summed E-state index contributed by atoms with van der Waals surface area (Å²) in [5.41, 5.74) is 4.76. The molecule has 18 heavy (non-hydrogen) atoms. The predicted molar refractivity (Wildman–Crippen MR) is 79.1 cm³/mol. The second-order valence-corrected chi connectivity index (χ2v) is 5.00. The third-order valence-electron chi connectivity index (χ3n) is 3.35. The van der Waals surface area contributed by atoms with Crippen molar-refractivity contribution < 1.29 is 0 Å². The first-order chi connectivity index (χ1) is 8.61. The quantitative estimate of drug-likeness (QED) is 0.850. The molecule has 2 aromatic rings. The second-order valence-electron chi connectivity index (χ2n) is 4.60. The highest BCUT2D eigenvalue weighted by molar-refractivity contribution is 6.31. The molecule has 0 fully saturated rings. The van der Waals surface area contributed by atoms with Crippen LogP contribution >= 0.6 is 11.6 Å². The summed E-state index contributed by atoms with van der Waals surface area (Å²) >= 11 is 6.16. The van der Waals surface area contributed by atoms with E-state index in [1.54, 1.807) is 0 Å². The Morgan fingerprint density at radius 2 is 1.61 bits per heavy atom. The largest absolute Gasteiger partial charge is 0.313 e. The van der Waals surface area contributed by atoms with Crippen molar-refractivity contribution in [1.29, 1.82) is 0 Å². The fourth-order valence-electron chi connectivity index (χ4n) is 1.90. The van der Waals surface area contributed by atoms with E-state index in [9.17, 15) is 0 Å². The average Bonchev–Trinajstić information content (AvgIpc) is 2.41. The zero-order valence-corrected chi connectivity index (χ0v) is 11.8. The van der Waals surface area contributed by atoms with Gasteiger partial charge in [0.25, 0.3) is 0 Å². The molecular formula is C16H18ClN. The summed E-state index contributed by atoms with van der Waals surface area (Å²) in [6.45, 7) is 4.17. The second kappa shape index (κ2) is 5.55. The topological polar surface area (TPSA) is 12.0 Å². The Morgan fingerprint density at radius 1 is 1.00 bits per heavy atom. The number of hydrogen-bond donors (Lipinski definition) is 1. The maximum atomic E-state index is 6.16. The minimum absolute atomic E-state index is 0.376. The summed E-state index contributed by atoms with van der Waals surface area (Å²) in [4.78, 5) is 0. The van der Waals surface area contributed by atoms with Crippen molar-refractivity contribution in [3.05, 3.63) is 58.6 Å². The maximum absolute atomic E-state index is 6.16. The highest BCUT2D eigenvalue weighted by atomic mass is 35.5. The van der Waals surface area contributed by atoms with Crippen LogP contribution in [0.25, 0.3) is 11.1 Å². The molecule has 0 aliphatic carbocycles. The highest BCUT2D eigenvalue weighted by Crippen LogP contribution is 2.26. The van der Waals surface area contributed by atoms with E-state index in [0.29, 0.717) is 6.04 Å². The zero-order valence-electron chi connectivity index (χ0n) is 11.0. The van der Waals surface area contributed by atoms with Gasteiger partial charge in [-0.05, 0) is 49.2 Å². The Labute approximate surface area is 114 Å². The lowest BCUT2D eigenvalue weighted by Gasteiger charge is -2.11. The van der Waals surface area contributed by atoms with Gasteiger partial charge in [0.2, 0.25) is 0 Å². The van der Waals surface area contributed by atoms with Gasteiger partial charge in [-0.3, -0.25) is 0 Å². The molecule has 0 bridgehead atoms. The molecule has 1 unspecified atom stereocenters. The predicted octanol–water partition coefficient (Wildman–Crippen LogP) is 4.60. The lowest BCUT2D eigenvalue weighted by atomic mass is 10.0. The van der Waals surface area contributed by atoms with Crippen LogP contribution in [0.2, 0.25) is 5.02 Å². The Bertz CT molecular complexity index is 531. The molecule has 2 aromatic carbocycles. The van der Waals surface area contributed by atoms with Crippen LogP contribution in [0.5, 0.6) is 0 Å². The molecule has 0 amide bonds. The van der Waals surface area contributed by atoms with Crippen LogP contribution in [0.4, 0.5) is 0 Å². The van der Waals surface area contributed by atoms with Crippen molar-refractivity contribution >= 4 is 11.6 Å². The lowest BCUT2D eigenvalue weighted by molar-refractivity contribution is 0.652. The number of hydrogen-bond acceptors (Lipinski definition) is 1. The van der Waals surface area contributed by atoms with Crippen molar-refractivity contribution in [3.8, 4) is 11.1 Å². The van der Waals surface area contributed by atoms with Gasteiger partial charge in [0.1, 0.15) is 0 Å². The number of nitrogens with one attached hydrogen (secondary N) is 1. The van der Waals surface area contributed by atoms with Crippen LogP contribution in [-0.4, -0.2) is 7.05 Å². The molecule has 1 N–H and O–H groups in total. The van der Waals surface area contributed by atoms with Gasteiger partial charge < -0.3 is 5.32 Å². The molecule has 0 spiro atoms. The molecule has 1 nitrogen and oxygen atoms in total. The van der Waals surface area contributed by atoms with Gasteiger partial charge in [-0.15, -0.1) is 0 Å².